The highest BCUT2D eigenvalue weighted by Gasteiger charge is 2.28. The Balaban J connectivity index is 1.46. The van der Waals surface area contributed by atoms with E-state index in [-0.39, 0.29) is 6.04 Å². The van der Waals surface area contributed by atoms with E-state index in [0.717, 1.165) is 23.4 Å². The Morgan fingerprint density at radius 3 is 2.77 bits per heavy atom. The maximum Gasteiger partial charge on any atom is 0.313 e. The number of hydrogen-bond acceptors (Lipinski definition) is 4. The number of nitrogens with zero attached hydrogens (tertiary/aromatic N) is 1. The van der Waals surface area contributed by atoms with E-state index in [9.17, 15) is 9.59 Å². The van der Waals surface area contributed by atoms with Crippen LogP contribution in [0.4, 0.5) is 11.4 Å². The third-order valence-electron chi connectivity index (χ3n) is 5.28. The Bertz CT molecular complexity index is 1070. The summed E-state index contributed by atoms with van der Waals surface area (Å²) in [6.07, 6.45) is 0.973. The molecular weight excluding hydrogens is 418 g/mol. The van der Waals surface area contributed by atoms with Gasteiger partial charge < -0.3 is 15.5 Å². The monoisotopic (exact) mass is 439 g/mol. The van der Waals surface area contributed by atoms with Crippen LogP contribution in [0.2, 0.25) is 5.02 Å². The molecule has 1 aliphatic heterocycles. The van der Waals surface area contributed by atoms with Crippen LogP contribution >= 0.6 is 22.9 Å². The van der Waals surface area contributed by atoms with Crippen LogP contribution in [0, 0.1) is 6.92 Å². The fourth-order valence-electron chi connectivity index (χ4n) is 3.71. The van der Waals surface area contributed by atoms with Crippen molar-refractivity contribution in [2.24, 2.45) is 0 Å². The average molecular weight is 440 g/mol. The van der Waals surface area contributed by atoms with Crippen LogP contribution in [0.25, 0.3) is 0 Å². The molecule has 5 nitrogen and oxygen atoms in total. The number of halogens is 1. The number of rotatable bonds is 5. The van der Waals surface area contributed by atoms with E-state index < -0.39 is 11.8 Å². The van der Waals surface area contributed by atoms with E-state index in [1.807, 2.05) is 30.5 Å². The van der Waals surface area contributed by atoms with Crippen molar-refractivity contribution in [1.29, 1.82) is 0 Å². The number of anilines is 2. The summed E-state index contributed by atoms with van der Waals surface area (Å²) >= 11 is 7.65. The molecule has 2 amide bonds. The molecule has 7 heteroatoms. The molecule has 0 saturated heterocycles. The van der Waals surface area contributed by atoms with Crippen LogP contribution < -0.4 is 15.5 Å². The number of carbonyl (C=O) groups is 2. The van der Waals surface area contributed by atoms with Gasteiger partial charge in [-0.25, -0.2) is 0 Å². The lowest BCUT2D eigenvalue weighted by atomic mass is 10.1. The molecule has 0 unspecified atom stereocenters. The number of carbonyl (C=O) groups excluding carboxylic acids is 2. The number of hydrogen-bond donors (Lipinski definition) is 2. The second kappa shape index (κ2) is 8.90. The van der Waals surface area contributed by atoms with E-state index >= 15 is 0 Å². The number of fused-ring (bicyclic) bond motifs is 1. The molecule has 2 aromatic carbocycles. The first-order valence-corrected chi connectivity index (χ1v) is 11.0. The van der Waals surface area contributed by atoms with Gasteiger partial charge in [0.1, 0.15) is 0 Å². The van der Waals surface area contributed by atoms with Crippen molar-refractivity contribution in [3.05, 3.63) is 81.0 Å². The molecule has 0 radical (unpaired) electrons. The van der Waals surface area contributed by atoms with Gasteiger partial charge in [-0.3, -0.25) is 9.59 Å². The van der Waals surface area contributed by atoms with Crippen LogP contribution in [-0.4, -0.2) is 24.9 Å². The molecule has 30 heavy (non-hydrogen) atoms. The fourth-order valence-corrected chi connectivity index (χ4v) is 4.72. The minimum Gasteiger partial charge on any atom is -0.361 e. The summed E-state index contributed by atoms with van der Waals surface area (Å²) in [6, 6.07) is 17.5. The summed E-state index contributed by atoms with van der Waals surface area (Å²) in [7, 11) is 0. The SMILES string of the molecule is Cc1ccc(Cl)cc1NC(=O)C(=O)NC[C@H](c1cccs1)N1CCc2ccccc21. The molecule has 2 heterocycles. The van der Waals surface area contributed by atoms with Crippen molar-refractivity contribution in [1.82, 2.24) is 5.32 Å². The number of aryl methyl sites for hydroxylation is 1. The zero-order valence-corrected chi connectivity index (χ0v) is 18.1. The Morgan fingerprint density at radius 1 is 1.13 bits per heavy atom. The second-order valence-corrected chi connectivity index (χ2v) is 8.64. The molecule has 0 aliphatic carbocycles. The van der Waals surface area contributed by atoms with E-state index in [4.69, 9.17) is 11.6 Å². The average Bonchev–Trinajstić information content (AvgIpc) is 3.41. The molecule has 1 aromatic heterocycles. The molecular formula is C23H22ClN3O2S. The van der Waals surface area contributed by atoms with Crippen LogP contribution in [0.5, 0.6) is 0 Å². The minimum absolute atomic E-state index is 0.0293. The predicted molar refractivity (Wildman–Crippen MR) is 122 cm³/mol. The first-order valence-electron chi connectivity index (χ1n) is 9.76. The van der Waals surface area contributed by atoms with E-state index in [1.165, 1.54) is 11.3 Å². The van der Waals surface area contributed by atoms with Gasteiger partial charge in [-0.1, -0.05) is 41.9 Å². The normalized spacial score (nSPS) is 13.6. The van der Waals surface area contributed by atoms with Gasteiger partial charge in [-0.05, 0) is 54.1 Å². The van der Waals surface area contributed by atoms with Crippen LogP contribution in [0.3, 0.4) is 0 Å². The summed E-state index contributed by atoms with van der Waals surface area (Å²) in [4.78, 5) is 28.4. The molecule has 3 aromatic rings. The predicted octanol–water partition coefficient (Wildman–Crippen LogP) is 4.57. The van der Waals surface area contributed by atoms with E-state index in [0.29, 0.717) is 17.3 Å². The molecule has 154 valence electrons. The molecule has 0 bridgehead atoms. The van der Waals surface area contributed by atoms with Gasteiger partial charge in [0, 0.05) is 34.4 Å². The Labute approximate surface area is 184 Å². The molecule has 2 N–H and O–H groups in total. The molecule has 0 fully saturated rings. The highest BCUT2D eigenvalue weighted by atomic mass is 35.5. The topological polar surface area (TPSA) is 61.4 Å². The van der Waals surface area contributed by atoms with Crippen LogP contribution in [0.15, 0.2) is 60.0 Å². The largest absolute Gasteiger partial charge is 0.361 e. The lowest BCUT2D eigenvalue weighted by Gasteiger charge is -2.30. The van der Waals surface area contributed by atoms with Gasteiger partial charge in [-0.2, -0.15) is 0 Å². The molecule has 1 aliphatic rings. The Hall–Kier alpha value is -2.83. The smallest absolute Gasteiger partial charge is 0.313 e. The zero-order chi connectivity index (χ0) is 21.1. The Morgan fingerprint density at radius 2 is 1.97 bits per heavy atom. The van der Waals surface area contributed by atoms with Gasteiger partial charge in [0.25, 0.3) is 0 Å². The third-order valence-corrected chi connectivity index (χ3v) is 6.49. The number of amides is 2. The van der Waals surface area contributed by atoms with E-state index in [1.54, 1.807) is 29.5 Å². The summed E-state index contributed by atoms with van der Waals surface area (Å²) < 4.78 is 0. The summed E-state index contributed by atoms with van der Waals surface area (Å²) in [6.45, 7) is 3.07. The maximum absolute atomic E-state index is 12.5. The van der Waals surface area contributed by atoms with Gasteiger partial charge in [0.05, 0.1) is 6.04 Å². The van der Waals surface area contributed by atoms with Crippen molar-refractivity contribution < 1.29 is 9.59 Å². The maximum atomic E-state index is 12.5. The number of thiophene rings is 1. The first-order chi connectivity index (χ1) is 14.5. The van der Waals surface area contributed by atoms with Crippen molar-refractivity contribution in [2.45, 2.75) is 19.4 Å². The summed E-state index contributed by atoms with van der Waals surface area (Å²) in [5, 5.41) is 7.99. The number of benzene rings is 2. The number of para-hydroxylation sites is 1. The van der Waals surface area contributed by atoms with Gasteiger partial charge in [-0.15, -0.1) is 11.3 Å². The molecule has 1 atom stereocenters. The Kier molecular flexibility index (Phi) is 6.06. The molecule has 0 spiro atoms. The van der Waals surface area contributed by atoms with Crippen molar-refractivity contribution in [3.8, 4) is 0 Å². The highest BCUT2D eigenvalue weighted by Crippen LogP contribution is 2.36. The van der Waals surface area contributed by atoms with Gasteiger partial charge in [0.15, 0.2) is 0 Å². The first kappa shape index (κ1) is 20.4. The van der Waals surface area contributed by atoms with Crippen molar-refractivity contribution in [3.63, 3.8) is 0 Å². The zero-order valence-electron chi connectivity index (χ0n) is 16.5. The lowest BCUT2D eigenvalue weighted by molar-refractivity contribution is -0.136. The highest BCUT2D eigenvalue weighted by molar-refractivity contribution is 7.10. The quantitative estimate of drug-likeness (QED) is 0.572. The van der Waals surface area contributed by atoms with Crippen molar-refractivity contribution >= 4 is 46.1 Å². The fraction of sp³-hybridized carbons (Fsp3) is 0.217. The summed E-state index contributed by atoms with van der Waals surface area (Å²) in [5.74, 6) is -1.37. The van der Waals surface area contributed by atoms with Crippen LogP contribution in [-0.2, 0) is 16.0 Å². The second-order valence-electron chi connectivity index (χ2n) is 7.23. The van der Waals surface area contributed by atoms with Gasteiger partial charge in [0.2, 0.25) is 0 Å². The summed E-state index contributed by atoms with van der Waals surface area (Å²) in [5.41, 5.74) is 3.86. The van der Waals surface area contributed by atoms with Crippen LogP contribution in [0.1, 0.15) is 22.0 Å². The van der Waals surface area contributed by atoms with Crippen molar-refractivity contribution in [2.75, 3.05) is 23.3 Å². The van der Waals surface area contributed by atoms with E-state index in [2.05, 4.69) is 33.7 Å². The minimum atomic E-state index is -0.702. The standard InChI is InChI=1S/C23H22ClN3O2S/c1-15-8-9-17(24)13-18(15)26-23(29)22(28)25-14-20(21-7-4-12-30-21)27-11-10-16-5-2-3-6-19(16)27/h2-9,12-13,20H,10-11,14H2,1H3,(H,25,28)(H,26,29)/t20-/m1/s1. The third kappa shape index (κ3) is 4.35. The molecule has 4 rings (SSSR count). The number of nitrogens with one attached hydrogen (secondary N) is 2. The lowest BCUT2D eigenvalue weighted by Crippen LogP contribution is -2.41. The van der Waals surface area contributed by atoms with Gasteiger partial charge >= 0.3 is 11.8 Å². The molecule has 0 saturated carbocycles.